The zero-order valence-electron chi connectivity index (χ0n) is 21.0. The van der Waals surface area contributed by atoms with Gasteiger partial charge in [0.1, 0.15) is 17.4 Å². The molecule has 2 N–H and O–H groups in total. The van der Waals surface area contributed by atoms with E-state index in [0.717, 1.165) is 44.0 Å². The summed E-state index contributed by atoms with van der Waals surface area (Å²) in [6.07, 6.45) is -5.98. The number of carboxylic acids is 1. The number of anilines is 1. The van der Waals surface area contributed by atoms with Crippen LogP contribution in [0, 0.1) is 11.3 Å². The lowest BCUT2D eigenvalue weighted by atomic mass is 10.1. The van der Waals surface area contributed by atoms with Gasteiger partial charge in [0.25, 0.3) is 0 Å². The molecule has 1 aromatic carbocycles. The van der Waals surface area contributed by atoms with Gasteiger partial charge in [0.15, 0.2) is 5.69 Å². The normalized spacial score (nSPS) is 14.3. The first kappa shape index (κ1) is 29.3. The lowest BCUT2D eigenvalue weighted by Gasteiger charge is -2.35. The number of pyridine rings is 2. The SMILES string of the molecule is N#Cc1nc(-c2cccc(C(F)(F)F)c2)cc2[nH]c(CN3CCN(c4ccncc4)CC3)nc12.O=C(O)C(F)(F)F. The average Bonchev–Trinajstić information content (AvgIpc) is 3.35. The number of nitriles is 1. The Hall–Kier alpha value is -4.71. The van der Waals surface area contributed by atoms with Crippen molar-refractivity contribution in [1.29, 1.82) is 5.26 Å². The Morgan fingerprint density at radius 3 is 2.24 bits per heavy atom. The van der Waals surface area contributed by atoms with E-state index in [9.17, 15) is 31.6 Å². The lowest BCUT2D eigenvalue weighted by molar-refractivity contribution is -0.192. The van der Waals surface area contributed by atoms with Gasteiger partial charge < -0.3 is 15.0 Å². The monoisotopic (exact) mass is 577 g/mol. The summed E-state index contributed by atoms with van der Waals surface area (Å²) in [7, 11) is 0. The molecule has 3 aromatic heterocycles. The molecule has 4 aromatic rings. The predicted octanol–water partition coefficient (Wildman–Crippen LogP) is 4.87. The minimum absolute atomic E-state index is 0.0786. The Balaban J connectivity index is 0.000000493. The topological polar surface area (TPSA) is 122 Å². The molecule has 5 rings (SSSR count). The van der Waals surface area contributed by atoms with Crippen LogP contribution in [-0.2, 0) is 17.5 Å². The molecule has 0 saturated carbocycles. The minimum atomic E-state index is -5.08. The van der Waals surface area contributed by atoms with E-state index in [4.69, 9.17) is 9.90 Å². The number of fused-ring (bicyclic) bond motifs is 1. The van der Waals surface area contributed by atoms with Crippen molar-refractivity contribution in [1.82, 2.24) is 24.8 Å². The van der Waals surface area contributed by atoms with Crippen molar-refractivity contribution < 1.29 is 36.2 Å². The van der Waals surface area contributed by atoms with E-state index < -0.39 is 23.9 Å². The van der Waals surface area contributed by atoms with Gasteiger partial charge in [-0.2, -0.15) is 31.6 Å². The molecule has 1 fully saturated rings. The van der Waals surface area contributed by atoms with Crippen molar-refractivity contribution in [3.63, 3.8) is 0 Å². The molecular formula is C26H21F6N7O2. The van der Waals surface area contributed by atoms with Crippen molar-refractivity contribution in [2.45, 2.75) is 18.9 Å². The number of nitrogens with one attached hydrogen (secondary N) is 1. The Kier molecular flexibility index (Phi) is 8.43. The summed E-state index contributed by atoms with van der Waals surface area (Å²) in [5.74, 6) is -2.07. The van der Waals surface area contributed by atoms with Crippen molar-refractivity contribution in [2.75, 3.05) is 31.1 Å². The molecule has 0 radical (unpaired) electrons. The molecule has 0 amide bonds. The van der Waals surface area contributed by atoms with Gasteiger partial charge >= 0.3 is 18.3 Å². The highest BCUT2D eigenvalue weighted by atomic mass is 19.4. The van der Waals surface area contributed by atoms with Crippen LogP contribution in [-0.4, -0.2) is 68.3 Å². The van der Waals surface area contributed by atoms with E-state index in [-0.39, 0.29) is 17.0 Å². The van der Waals surface area contributed by atoms with Crippen LogP contribution in [0.2, 0.25) is 0 Å². The first-order chi connectivity index (χ1) is 19.3. The van der Waals surface area contributed by atoms with Gasteiger partial charge in [-0.25, -0.2) is 14.8 Å². The molecule has 1 saturated heterocycles. The number of aromatic amines is 1. The Morgan fingerprint density at radius 2 is 1.66 bits per heavy atom. The first-order valence-corrected chi connectivity index (χ1v) is 12.0. The minimum Gasteiger partial charge on any atom is -0.475 e. The van der Waals surface area contributed by atoms with E-state index in [1.807, 2.05) is 18.2 Å². The number of aromatic nitrogens is 4. The summed E-state index contributed by atoms with van der Waals surface area (Å²) in [4.78, 5) is 29.6. The highest BCUT2D eigenvalue weighted by Gasteiger charge is 2.38. The van der Waals surface area contributed by atoms with Crippen LogP contribution in [0.15, 0.2) is 54.9 Å². The zero-order valence-corrected chi connectivity index (χ0v) is 21.0. The maximum Gasteiger partial charge on any atom is 0.490 e. The number of aliphatic carboxylic acids is 1. The van der Waals surface area contributed by atoms with Crippen LogP contribution in [0.25, 0.3) is 22.3 Å². The van der Waals surface area contributed by atoms with Crippen molar-refractivity contribution in [3.05, 3.63) is 71.9 Å². The number of carbonyl (C=O) groups is 1. The number of nitrogens with zero attached hydrogens (tertiary/aromatic N) is 6. The number of H-pyrrole nitrogens is 1. The van der Waals surface area contributed by atoms with Crippen molar-refractivity contribution in [2.24, 2.45) is 0 Å². The number of carboxylic acid groups (broad SMARTS) is 1. The third-order valence-corrected chi connectivity index (χ3v) is 6.13. The number of rotatable bonds is 4. The average molecular weight is 577 g/mol. The number of benzene rings is 1. The molecule has 0 bridgehead atoms. The molecule has 15 heteroatoms. The van der Waals surface area contributed by atoms with Gasteiger partial charge in [0.05, 0.1) is 23.3 Å². The largest absolute Gasteiger partial charge is 0.490 e. The number of imidazole rings is 1. The Morgan fingerprint density at radius 1 is 1.00 bits per heavy atom. The molecular weight excluding hydrogens is 556 g/mol. The molecule has 0 spiro atoms. The molecule has 0 unspecified atom stereocenters. The van der Waals surface area contributed by atoms with E-state index >= 15 is 0 Å². The van der Waals surface area contributed by atoms with Gasteiger partial charge in [-0.15, -0.1) is 0 Å². The summed E-state index contributed by atoms with van der Waals surface area (Å²) >= 11 is 0. The van der Waals surface area contributed by atoms with E-state index in [0.29, 0.717) is 23.4 Å². The van der Waals surface area contributed by atoms with Crippen LogP contribution >= 0.6 is 0 Å². The second kappa shape index (κ2) is 11.8. The Bertz CT molecular complexity index is 1560. The van der Waals surface area contributed by atoms with E-state index in [2.05, 4.69) is 29.7 Å². The summed E-state index contributed by atoms with van der Waals surface area (Å²) in [5.41, 5.74) is 2.03. The van der Waals surface area contributed by atoms with Gasteiger partial charge in [0.2, 0.25) is 0 Å². The smallest absolute Gasteiger partial charge is 0.475 e. The number of hydrogen-bond donors (Lipinski definition) is 2. The maximum absolute atomic E-state index is 13.1. The quantitative estimate of drug-likeness (QED) is 0.330. The fourth-order valence-electron chi connectivity index (χ4n) is 4.15. The fraction of sp³-hybridized carbons (Fsp3) is 0.269. The molecule has 9 nitrogen and oxygen atoms in total. The zero-order chi connectivity index (χ0) is 29.8. The predicted molar refractivity (Wildman–Crippen MR) is 134 cm³/mol. The summed E-state index contributed by atoms with van der Waals surface area (Å²) in [5, 5.41) is 16.7. The molecule has 4 heterocycles. The third-order valence-electron chi connectivity index (χ3n) is 6.13. The van der Waals surface area contributed by atoms with Crippen LogP contribution in [0.5, 0.6) is 0 Å². The second-order valence-corrected chi connectivity index (χ2v) is 8.90. The highest BCUT2D eigenvalue weighted by Crippen LogP contribution is 2.32. The number of halogens is 6. The van der Waals surface area contributed by atoms with Gasteiger partial charge in [-0.1, -0.05) is 12.1 Å². The molecule has 214 valence electrons. The maximum atomic E-state index is 13.1. The molecule has 1 aliphatic rings. The van der Waals surface area contributed by atoms with E-state index in [1.165, 1.54) is 6.07 Å². The number of hydrogen-bond acceptors (Lipinski definition) is 7. The Labute approximate surface area is 228 Å². The molecule has 41 heavy (non-hydrogen) atoms. The fourth-order valence-corrected chi connectivity index (χ4v) is 4.15. The van der Waals surface area contributed by atoms with Crippen molar-refractivity contribution >= 4 is 22.7 Å². The third kappa shape index (κ3) is 7.28. The first-order valence-electron chi connectivity index (χ1n) is 12.0. The van der Waals surface area contributed by atoms with Crippen LogP contribution in [0.3, 0.4) is 0 Å². The molecule has 0 atom stereocenters. The lowest BCUT2D eigenvalue weighted by Crippen LogP contribution is -2.46. The standard InChI is InChI=1S/C24H20F3N7.C2HF3O2/c25-24(26,27)17-3-1-2-16(12-17)19-13-20-23(21(14-28)30-19)32-22(31-20)15-33-8-10-34(11-9-33)18-4-6-29-7-5-18;3-2(4,5)1(6)7/h1-7,12-13H,8-11,15H2,(H,31,32);(H,6,7). The highest BCUT2D eigenvalue weighted by molar-refractivity contribution is 5.84. The van der Waals surface area contributed by atoms with Crippen LogP contribution in [0.1, 0.15) is 17.1 Å². The van der Waals surface area contributed by atoms with Gasteiger partial charge in [0, 0.05) is 49.8 Å². The number of piperazine rings is 1. The van der Waals surface area contributed by atoms with Crippen LogP contribution in [0.4, 0.5) is 32.0 Å². The summed E-state index contributed by atoms with van der Waals surface area (Å²) in [6.45, 7) is 4.00. The summed E-state index contributed by atoms with van der Waals surface area (Å²) < 4.78 is 71.1. The number of alkyl halides is 6. The molecule has 1 aliphatic heterocycles. The molecule has 0 aliphatic carbocycles. The van der Waals surface area contributed by atoms with Crippen molar-refractivity contribution in [3.8, 4) is 17.3 Å². The van der Waals surface area contributed by atoms with Gasteiger partial charge in [-0.05, 0) is 30.3 Å². The second-order valence-electron chi connectivity index (χ2n) is 8.90. The van der Waals surface area contributed by atoms with Gasteiger partial charge in [-0.3, -0.25) is 9.88 Å². The van der Waals surface area contributed by atoms with E-state index in [1.54, 1.807) is 24.5 Å². The summed E-state index contributed by atoms with van der Waals surface area (Å²) in [6, 6.07) is 12.6. The van der Waals surface area contributed by atoms with Crippen LogP contribution < -0.4 is 4.90 Å².